The third-order valence-electron chi connectivity index (χ3n) is 7.53. The van der Waals surface area contributed by atoms with Crippen LogP contribution in [-0.4, -0.2) is 38.0 Å². The Morgan fingerprint density at radius 2 is 1.74 bits per heavy atom. The van der Waals surface area contributed by atoms with Gasteiger partial charge in [-0.2, -0.15) is 8.42 Å². The number of carbonyl (C=O) groups is 1. The molecule has 188 valence electrons. The highest BCUT2D eigenvalue weighted by Gasteiger charge is 2.54. The lowest BCUT2D eigenvalue weighted by atomic mass is 9.83. The minimum atomic E-state index is -4.11. The van der Waals surface area contributed by atoms with Gasteiger partial charge in [-0.05, 0) is 74.3 Å². The third-order valence-corrected chi connectivity index (χ3v) is 8.76. The van der Waals surface area contributed by atoms with Gasteiger partial charge in [0, 0.05) is 25.9 Å². The minimum Gasteiger partial charge on any atom is -0.477 e. The smallest absolute Gasteiger partial charge is 0.281 e. The second-order valence-electron chi connectivity index (χ2n) is 10.3. The number of benzene rings is 1. The third kappa shape index (κ3) is 5.32. The second kappa shape index (κ2) is 9.80. The van der Waals surface area contributed by atoms with Crippen molar-refractivity contribution >= 4 is 21.7 Å². The SMILES string of the molecule is Cc1ccc(C2CCCCC2)c(OC2(C(=O)NS(=O)(=O)c3cccc(N4CCCCC4)n3)CC2)c1. The molecule has 2 aliphatic carbocycles. The predicted octanol–water partition coefficient (Wildman–Crippen LogP) is 4.84. The van der Waals surface area contributed by atoms with Crippen LogP contribution in [-0.2, 0) is 14.8 Å². The fourth-order valence-electron chi connectivity index (χ4n) is 5.30. The zero-order valence-electron chi connectivity index (χ0n) is 20.5. The molecule has 5 rings (SSSR count). The molecule has 3 fully saturated rings. The molecule has 0 spiro atoms. The molecule has 3 aliphatic rings. The van der Waals surface area contributed by atoms with E-state index < -0.39 is 21.5 Å². The number of rotatable bonds is 7. The van der Waals surface area contributed by atoms with E-state index in [1.165, 1.54) is 31.7 Å². The molecule has 2 heterocycles. The zero-order chi connectivity index (χ0) is 24.5. The fraction of sp³-hybridized carbons (Fsp3) is 0.556. The molecule has 8 heteroatoms. The molecule has 0 bridgehead atoms. The van der Waals surface area contributed by atoms with Gasteiger partial charge in [-0.15, -0.1) is 0 Å². The molecule has 0 radical (unpaired) electrons. The Hall–Kier alpha value is -2.61. The van der Waals surface area contributed by atoms with Crippen molar-refractivity contribution in [2.24, 2.45) is 0 Å². The first-order chi connectivity index (χ1) is 16.9. The van der Waals surface area contributed by atoms with Gasteiger partial charge in [-0.25, -0.2) is 9.71 Å². The van der Waals surface area contributed by atoms with E-state index in [1.54, 1.807) is 6.07 Å². The largest absolute Gasteiger partial charge is 0.477 e. The van der Waals surface area contributed by atoms with Crippen molar-refractivity contribution in [2.75, 3.05) is 18.0 Å². The van der Waals surface area contributed by atoms with Gasteiger partial charge in [-0.1, -0.05) is 37.5 Å². The summed E-state index contributed by atoms with van der Waals surface area (Å²) in [5.74, 6) is 1.16. The number of hydrogen-bond acceptors (Lipinski definition) is 6. The molecule has 1 aromatic heterocycles. The summed E-state index contributed by atoms with van der Waals surface area (Å²) in [7, 11) is -4.11. The van der Waals surface area contributed by atoms with E-state index in [-0.39, 0.29) is 5.03 Å². The number of sulfonamides is 1. The van der Waals surface area contributed by atoms with E-state index in [9.17, 15) is 13.2 Å². The number of anilines is 1. The van der Waals surface area contributed by atoms with E-state index in [1.807, 2.05) is 19.1 Å². The first kappa shape index (κ1) is 24.1. The molecule has 2 aromatic rings. The zero-order valence-corrected chi connectivity index (χ0v) is 21.3. The van der Waals surface area contributed by atoms with Gasteiger partial charge >= 0.3 is 0 Å². The number of pyridine rings is 1. The van der Waals surface area contributed by atoms with Crippen molar-refractivity contribution in [2.45, 2.75) is 87.7 Å². The Morgan fingerprint density at radius 3 is 2.46 bits per heavy atom. The van der Waals surface area contributed by atoms with Crippen LogP contribution in [0.25, 0.3) is 0 Å². The van der Waals surface area contributed by atoms with Gasteiger partial charge in [0.1, 0.15) is 11.6 Å². The van der Waals surface area contributed by atoms with Crippen LogP contribution in [0.4, 0.5) is 5.82 Å². The molecule has 0 unspecified atom stereocenters. The number of aromatic nitrogens is 1. The number of aryl methyl sites for hydroxylation is 1. The van der Waals surface area contributed by atoms with E-state index >= 15 is 0 Å². The Labute approximate surface area is 208 Å². The first-order valence-electron chi connectivity index (χ1n) is 13.0. The summed E-state index contributed by atoms with van der Waals surface area (Å²) < 4.78 is 34.8. The lowest BCUT2D eigenvalue weighted by Gasteiger charge is -2.28. The molecular formula is C27H35N3O4S. The fourth-order valence-corrected chi connectivity index (χ4v) is 6.31. The Balaban J connectivity index is 1.33. The molecule has 1 aliphatic heterocycles. The van der Waals surface area contributed by atoms with Crippen molar-refractivity contribution in [1.82, 2.24) is 9.71 Å². The first-order valence-corrected chi connectivity index (χ1v) is 14.4. The van der Waals surface area contributed by atoms with E-state index in [2.05, 4.69) is 26.7 Å². The highest BCUT2D eigenvalue weighted by Crippen LogP contribution is 2.45. The van der Waals surface area contributed by atoms with Gasteiger partial charge in [0.15, 0.2) is 10.6 Å². The Kier molecular flexibility index (Phi) is 6.75. The monoisotopic (exact) mass is 497 g/mol. The highest BCUT2D eigenvalue weighted by atomic mass is 32.2. The molecule has 2 saturated carbocycles. The van der Waals surface area contributed by atoms with Gasteiger partial charge in [-0.3, -0.25) is 4.79 Å². The van der Waals surface area contributed by atoms with Gasteiger partial charge in [0.25, 0.3) is 15.9 Å². The van der Waals surface area contributed by atoms with Crippen molar-refractivity contribution in [3.8, 4) is 5.75 Å². The van der Waals surface area contributed by atoms with Crippen molar-refractivity contribution in [3.05, 3.63) is 47.5 Å². The lowest BCUT2D eigenvalue weighted by Crippen LogP contribution is -2.43. The molecule has 0 atom stereocenters. The van der Waals surface area contributed by atoms with Crippen LogP contribution in [0.5, 0.6) is 5.75 Å². The number of amides is 1. The summed E-state index contributed by atoms with van der Waals surface area (Å²) in [5, 5.41) is -0.136. The van der Waals surface area contributed by atoms with Crippen molar-refractivity contribution in [3.63, 3.8) is 0 Å². The summed E-state index contributed by atoms with van der Waals surface area (Å²) in [6, 6.07) is 11.1. The van der Waals surface area contributed by atoms with E-state index in [0.717, 1.165) is 49.9 Å². The topological polar surface area (TPSA) is 88.6 Å². The lowest BCUT2D eigenvalue weighted by molar-refractivity contribution is -0.128. The van der Waals surface area contributed by atoms with Crippen LogP contribution in [0.3, 0.4) is 0 Å². The average molecular weight is 498 g/mol. The number of piperidine rings is 1. The normalized spacial score (nSPS) is 20.3. The Morgan fingerprint density at radius 1 is 1.03 bits per heavy atom. The van der Waals surface area contributed by atoms with Crippen LogP contribution in [0.15, 0.2) is 41.4 Å². The van der Waals surface area contributed by atoms with Crippen molar-refractivity contribution in [1.29, 1.82) is 0 Å². The average Bonchev–Trinajstić information content (AvgIpc) is 3.66. The Bertz CT molecular complexity index is 1180. The van der Waals surface area contributed by atoms with Crippen molar-refractivity contribution < 1.29 is 17.9 Å². The second-order valence-corrected chi connectivity index (χ2v) is 11.9. The van der Waals surface area contributed by atoms with E-state index in [4.69, 9.17) is 4.74 Å². The summed E-state index contributed by atoms with van der Waals surface area (Å²) in [6.45, 7) is 3.72. The van der Waals surface area contributed by atoms with Gasteiger partial charge in [0.2, 0.25) is 0 Å². The number of nitrogens with one attached hydrogen (secondary N) is 1. The number of hydrogen-bond donors (Lipinski definition) is 1. The van der Waals surface area contributed by atoms with Crippen LogP contribution < -0.4 is 14.4 Å². The van der Waals surface area contributed by atoms with Gasteiger partial charge in [0.05, 0.1) is 0 Å². The molecule has 1 saturated heterocycles. The number of carbonyl (C=O) groups excluding carboxylic acids is 1. The van der Waals surface area contributed by atoms with Crippen LogP contribution >= 0.6 is 0 Å². The summed E-state index contributed by atoms with van der Waals surface area (Å²) in [6.07, 6.45) is 10.2. The maximum Gasteiger partial charge on any atom is 0.281 e. The summed E-state index contributed by atoms with van der Waals surface area (Å²) in [5.41, 5.74) is 1.05. The molecule has 1 amide bonds. The molecule has 1 aromatic carbocycles. The predicted molar refractivity (Wildman–Crippen MR) is 135 cm³/mol. The molecular weight excluding hydrogens is 462 g/mol. The van der Waals surface area contributed by atoms with Crippen LogP contribution in [0.1, 0.15) is 81.3 Å². The minimum absolute atomic E-state index is 0.136. The number of nitrogens with zero attached hydrogens (tertiary/aromatic N) is 2. The summed E-state index contributed by atoms with van der Waals surface area (Å²) in [4.78, 5) is 19.7. The maximum atomic E-state index is 13.2. The highest BCUT2D eigenvalue weighted by molar-refractivity contribution is 7.90. The summed E-state index contributed by atoms with van der Waals surface area (Å²) >= 11 is 0. The number of ether oxygens (including phenoxy) is 1. The molecule has 1 N–H and O–H groups in total. The van der Waals surface area contributed by atoms with Crippen LogP contribution in [0, 0.1) is 6.92 Å². The quantitative estimate of drug-likeness (QED) is 0.589. The standard InChI is InChI=1S/C27H35N3O4S/c1-20-13-14-22(21-9-4-2-5-10-21)23(19-20)34-27(15-16-27)26(31)29-35(32,33)25-12-8-11-24(28-25)30-17-6-3-7-18-30/h8,11-14,19,21H,2-7,9-10,15-18H2,1H3,(H,29,31). The molecule has 7 nitrogen and oxygen atoms in total. The molecule has 35 heavy (non-hydrogen) atoms. The maximum absolute atomic E-state index is 13.2. The van der Waals surface area contributed by atoms with E-state index in [0.29, 0.717) is 30.3 Å². The van der Waals surface area contributed by atoms with Gasteiger partial charge < -0.3 is 9.64 Å². The van der Waals surface area contributed by atoms with Crippen LogP contribution in [0.2, 0.25) is 0 Å².